The molecule has 22 heavy (non-hydrogen) atoms. The molecule has 0 saturated heterocycles. The summed E-state index contributed by atoms with van der Waals surface area (Å²) in [5.41, 5.74) is 0.910. The highest BCUT2D eigenvalue weighted by Gasteiger charge is 2.22. The summed E-state index contributed by atoms with van der Waals surface area (Å²) in [5, 5.41) is 13.0. The first-order valence-electron chi connectivity index (χ1n) is 8.66. The van der Waals surface area contributed by atoms with E-state index in [9.17, 15) is 9.90 Å². The van der Waals surface area contributed by atoms with Gasteiger partial charge in [0.05, 0.1) is 6.10 Å². The molecule has 0 heterocycles. The zero-order valence-electron chi connectivity index (χ0n) is 13.6. The number of rotatable bonds is 7. The number of aliphatic hydroxyl groups is 1. The Morgan fingerprint density at radius 2 is 1.91 bits per heavy atom. The van der Waals surface area contributed by atoms with Crippen LogP contribution in [-0.2, 0) is 4.79 Å². The van der Waals surface area contributed by atoms with Crippen LogP contribution < -0.4 is 5.32 Å². The van der Waals surface area contributed by atoms with Crippen molar-refractivity contribution in [1.29, 1.82) is 0 Å². The Hall–Kier alpha value is -1.35. The zero-order valence-corrected chi connectivity index (χ0v) is 13.6. The maximum absolute atomic E-state index is 12.0. The van der Waals surface area contributed by atoms with Gasteiger partial charge in [-0.1, -0.05) is 69.4 Å². The van der Waals surface area contributed by atoms with Crippen LogP contribution >= 0.6 is 0 Å². The molecule has 1 amide bonds. The summed E-state index contributed by atoms with van der Waals surface area (Å²) in [7, 11) is 0. The van der Waals surface area contributed by atoms with Gasteiger partial charge in [0.25, 0.3) is 0 Å². The van der Waals surface area contributed by atoms with Crippen LogP contribution in [0.25, 0.3) is 0 Å². The summed E-state index contributed by atoms with van der Waals surface area (Å²) in [5.74, 6) is 1.31. The molecule has 3 nitrogen and oxygen atoms in total. The number of hydrogen-bond donors (Lipinski definition) is 2. The zero-order chi connectivity index (χ0) is 15.8. The topological polar surface area (TPSA) is 49.3 Å². The van der Waals surface area contributed by atoms with Gasteiger partial charge in [0.1, 0.15) is 0 Å². The van der Waals surface area contributed by atoms with Crippen molar-refractivity contribution in [2.24, 2.45) is 11.8 Å². The third-order valence-electron chi connectivity index (χ3n) is 4.89. The van der Waals surface area contributed by atoms with Gasteiger partial charge in [-0.15, -0.1) is 0 Å². The molecule has 0 unspecified atom stereocenters. The van der Waals surface area contributed by atoms with E-state index in [0.29, 0.717) is 25.3 Å². The lowest BCUT2D eigenvalue weighted by atomic mass is 9.79. The van der Waals surface area contributed by atoms with Crippen molar-refractivity contribution in [3.8, 4) is 0 Å². The molecular weight excluding hydrogens is 274 g/mol. The Labute approximate surface area is 134 Å². The fourth-order valence-electron chi connectivity index (χ4n) is 3.42. The predicted molar refractivity (Wildman–Crippen MR) is 89.4 cm³/mol. The molecule has 0 aromatic heterocycles. The molecular formula is C19H29NO2. The first-order chi connectivity index (χ1) is 10.7. The molecule has 2 atom stereocenters. The predicted octanol–water partition coefficient (Wildman–Crippen LogP) is 3.83. The van der Waals surface area contributed by atoms with E-state index >= 15 is 0 Å². The lowest BCUT2D eigenvalue weighted by molar-refractivity contribution is -0.122. The summed E-state index contributed by atoms with van der Waals surface area (Å²) >= 11 is 0. The third-order valence-corrected chi connectivity index (χ3v) is 4.89. The van der Waals surface area contributed by atoms with Gasteiger partial charge in [-0.3, -0.25) is 4.79 Å². The van der Waals surface area contributed by atoms with E-state index in [1.54, 1.807) is 0 Å². The highest BCUT2D eigenvalue weighted by molar-refractivity contribution is 5.76. The quantitative estimate of drug-likeness (QED) is 0.804. The lowest BCUT2D eigenvalue weighted by Crippen LogP contribution is -2.29. The van der Waals surface area contributed by atoms with Crippen molar-refractivity contribution >= 4 is 5.91 Å². The van der Waals surface area contributed by atoms with Crippen LogP contribution in [0.3, 0.4) is 0 Å². The van der Waals surface area contributed by atoms with Gasteiger partial charge < -0.3 is 10.4 Å². The minimum Gasteiger partial charge on any atom is -0.388 e. The molecule has 1 fully saturated rings. The fourth-order valence-corrected chi connectivity index (χ4v) is 3.42. The number of hydrogen-bond acceptors (Lipinski definition) is 2. The standard InChI is InChI=1S/C19H29NO2/c1-15(16-8-4-2-5-9-16)14-19(22)20-13-12-18(21)17-10-6-3-7-11-17/h3,6-7,10-11,15-16,18,21H,2,4-5,8-9,12-14H2,1H3,(H,20,22)/t15-,18-/m0/s1. The first-order valence-corrected chi connectivity index (χ1v) is 8.66. The van der Waals surface area contributed by atoms with Gasteiger partial charge in [0.15, 0.2) is 0 Å². The average molecular weight is 303 g/mol. The van der Waals surface area contributed by atoms with E-state index in [2.05, 4.69) is 12.2 Å². The van der Waals surface area contributed by atoms with Crippen molar-refractivity contribution in [2.45, 2.75) is 58.0 Å². The van der Waals surface area contributed by atoms with E-state index in [1.807, 2.05) is 30.3 Å². The van der Waals surface area contributed by atoms with Gasteiger partial charge >= 0.3 is 0 Å². The molecule has 0 spiro atoms. The Balaban J connectivity index is 1.65. The highest BCUT2D eigenvalue weighted by Crippen LogP contribution is 2.31. The Kier molecular flexibility index (Phi) is 6.91. The van der Waals surface area contributed by atoms with Gasteiger partial charge in [0, 0.05) is 13.0 Å². The van der Waals surface area contributed by atoms with Crippen LogP contribution in [0.4, 0.5) is 0 Å². The Morgan fingerprint density at radius 1 is 1.23 bits per heavy atom. The fraction of sp³-hybridized carbons (Fsp3) is 0.632. The minimum atomic E-state index is -0.503. The normalized spacial score (nSPS) is 18.6. The second-order valence-corrected chi connectivity index (χ2v) is 6.64. The van der Waals surface area contributed by atoms with E-state index in [4.69, 9.17) is 0 Å². The summed E-state index contributed by atoms with van der Waals surface area (Å²) in [6.45, 7) is 2.74. The molecule has 0 bridgehead atoms. The van der Waals surface area contributed by atoms with Crippen LogP contribution in [-0.4, -0.2) is 17.6 Å². The Bertz CT molecular complexity index is 440. The second kappa shape index (κ2) is 8.94. The molecule has 1 aliphatic rings. The van der Waals surface area contributed by atoms with Crippen LogP contribution in [0.2, 0.25) is 0 Å². The minimum absolute atomic E-state index is 0.123. The SMILES string of the molecule is C[C@@H](CC(=O)NCC[C@H](O)c1ccccc1)C1CCCCC1. The molecule has 2 N–H and O–H groups in total. The molecule has 0 aliphatic heterocycles. The number of carbonyl (C=O) groups excluding carboxylic acids is 1. The molecule has 1 aromatic rings. The third kappa shape index (κ3) is 5.45. The molecule has 0 radical (unpaired) electrons. The summed E-state index contributed by atoms with van der Waals surface area (Å²) < 4.78 is 0. The average Bonchev–Trinajstić information content (AvgIpc) is 2.56. The van der Waals surface area contributed by atoms with Gasteiger partial charge in [-0.25, -0.2) is 0 Å². The smallest absolute Gasteiger partial charge is 0.220 e. The van der Waals surface area contributed by atoms with Crippen molar-refractivity contribution < 1.29 is 9.90 Å². The van der Waals surface area contributed by atoms with E-state index in [-0.39, 0.29) is 5.91 Å². The van der Waals surface area contributed by atoms with Crippen molar-refractivity contribution in [2.75, 3.05) is 6.54 Å². The van der Waals surface area contributed by atoms with E-state index in [0.717, 1.165) is 11.5 Å². The largest absolute Gasteiger partial charge is 0.388 e. The maximum Gasteiger partial charge on any atom is 0.220 e. The summed E-state index contributed by atoms with van der Waals surface area (Å²) in [6, 6.07) is 9.60. The first kappa shape index (κ1) is 17.0. The number of carbonyl (C=O) groups is 1. The van der Waals surface area contributed by atoms with Crippen molar-refractivity contribution in [3.05, 3.63) is 35.9 Å². The van der Waals surface area contributed by atoms with Gasteiger partial charge in [0.2, 0.25) is 5.91 Å². The highest BCUT2D eigenvalue weighted by atomic mass is 16.3. The summed E-state index contributed by atoms with van der Waals surface area (Å²) in [4.78, 5) is 12.0. The number of benzene rings is 1. The van der Waals surface area contributed by atoms with Crippen LogP contribution in [0.5, 0.6) is 0 Å². The molecule has 1 saturated carbocycles. The van der Waals surface area contributed by atoms with Gasteiger partial charge in [-0.2, -0.15) is 0 Å². The van der Waals surface area contributed by atoms with Gasteiger partial charge in [-0.05, 0) is 23.8 Å². The van der Waals surface area contributed by atoms with E-state index < -0.39 is 6.10 Å². The molecule has 1 aliphatic carbocycles. The molecule has 122 valence electrons. The monoisotopic (exact) mass is 303 g/mol. The van der Waals surface area contributed by atoms with Crippen molar-refractivity contribution in [3.63, 3.8) is 0 Å². The number of amides is 1. The van der Waals surface area contributed by atoms with E-state index in [1.165, 1.54) is 32.1 Å². The molecule has 2 rings (SSSR count). The second-order valence-electron chi connectivity index (χ2n) is 6.64. The van der Waals surface area contributed by atoms with Crippen LogP contribution in [0.1, 0.15) is 63.5 Å². The van der Waals surface area contributed by atoms with Crippen molar-refractivity contribution in [1.82, 2.24) is 5.32 Å². The maximum atomic E-state index is 12.0. The van der Waals surface area contributed by atoms with Crippen LogP contribution in [0, 0.1) is 11.8 Å². The summed E-state index contributed by atoms with van der Waals surface area (Å²) in [6.07, 6.45) is 7.23. The molecule has 1 aromatic carbocycles. The number of nitrogens with one attached hydrogen (secondary N) is 1. The van der Waals surface area contributed by atoms with Crippen LogP contribution in [0.15, 0.2) is 30.3 Å². The number of aliphatic hydroxyl groups excluding tert-OH is 1. The Morgan fingerprint density at radius 3 is 2.59 bits per heavy atom. The molecule has 3 heteroatoms. The lowest BCUT2D eigenvalue weighted by Gasteiger charge is -2.27.